The molecule has 0 heterocycles. The van der Waals surface area contributed by atoms with Crippen LogP contribution in [-0.4, -0.2) is 48.2 Å². The first-order chi connectivity index (χ1) is 13.2. The molecule has 1 unspecified atom stereocenters. The molecule has 0 spiro atoms. The molecule has 1 atom stereocenters. The molecule has 0 saturated carbocycles. The van der Waals surface area contributed by atoms with Gasteiger partial charge in [-0.2, -0.15) is 0 Å². The summed E-state index contributed by atoms with van der Waals surface area (Å²) in [6, 6.07) is 0. The largest absolute Gasteiger partial charge is 0.393 e. The molecule has 0 aromatic carbocycles. The van der Waals surface area contributed by atoms with Gasteiger partial charge in [-0.05, 0) is 19.3 Å². The summed E-state index contributed by atoms with van der Waals surface area (Å²) in [4.78, 5) is 13.9. The van der Waals surface area contributed by atoms with Gasteiger partial charge in [0.05, 0.1) is 6.10 Å². The number of amides is 1. The highest BCUT2D eigenvalue weighted by atomic mass is 16.3. The Morgan fingerprint density at radius 3 is 1.70 bits per heavy atom. The van der Waals surface area contributed by atoms with Gasteiger partial charge in [-0.25, -0.2) is 0 Å². The van der Waals surface area contributed by atoms with Gasteiger partial charge < -0.3 is 21.5 Å². The van der Waals surface area contributed by atoms with Gasteiger partial charge in [0.2, 0.25) is 5.91 Å². The summed E-state index contributed by atoms with van der Waals surface area (Å²) in [6.07, 6.45) is 16.9. The van der Waals surface area contributed by atoms with Gasteiger partial charge in [-0.3, -0.25) is 4.79 Å². The number of hydrogen-bond donors (Lipinski definition) is 3. The fraction of sp³-hybridized carbons (Fsp3) is 0.955. The Hall–Kier alpha value is -0.650. The SMILES string of the molecule is CCCCCCC(O)CCCCCCCCCCC(=O)N(CCN)CCN. The van der Waals surface area contributed by atoms with Crippen molar-refractivity contribution in [2.45, 2.75) is 109 Å². The molecule has 0 radical (unpaired) electrons. The molecule has 0 aromatic heterocycles. The van der Waals surface area contributed by atoms with Crippen LogP contribution in [0.5, 0.6) is 0 Å². The van der Waals surface area contributed by atoms with E-state index in [-0.39, 0.29) is 12.0 Å². The van der Waals surface area contributed by atoms with E-state index in [1.165, 1.54) is 57.8 Å². The first-order valence-corrected chi connectivity index (χ1v) is 11.5. The van der Waals surface area contributed by atoms with E-state index in [1.54, 1.807) is 4.90 Å². The van der Waals surface area contributed by atoms with Crippen LogP contribution in [0, 0.1) is 0 Å². The zero-order chi connectivity index (χ0) is 20.2. The molecule has 5 N–H and O–H groups in total. The number of carbonyl (C=O) groups is 1. The number of nitrogens with zero attached hydrogens (tertiary/aromatic N) is 1. The Balaban J connectivity index is 3.40. The maximum absolute atomic E-state index is 12.1. The Bertz CT molecular complexity index is 321. The van der Waals surface area contributed by atoms with Crippen LogP contribution in [0.1, 0.15) is 103 Å². The van der Waals surface area contributed by atoms with Gasteiger partial charge >= 0.3 is 0 Å². The lowest BCUT2D eigenvalue weighted by Gasteiger charge is -2.21. The highest BCUT2D eigenvalue weighted by Gasteiger charge is 2.10. The molecular formula is C22H47N3O2. The molecule has 162 valence electrons. The molecule has 0 saturated heterocycles. The second kappa shape index (κ2) is 20.1. The molecule has 0 bridgehead atoms. The molecule has 0 aliphatic rings. The van der Waals surface area contributed by atoms with Crippen LogP contribution in [0.15, 0.2) is 0 Å². The number of hydrogen-bond acceptors (Lipinski definition) is 4. The van der Waals surface area contributed by atoms with Crippen molar-refractivity contribution in [1.29, 1.82) is 0 Å². The van der Waals surface area contributed by atoms with Crippen molar-refractivity contribution < 1.29 is 9.90 Å². The summed E-state index contributed by atoms with van der Waals surface area (Å²) >= 11 is 0. The van der Waals surface area contributed by atoms with E-state index in [2.05, 4.69) is 6.92 Å². The van der Waals surface area contributed by atoms with Crippen LogP contribution >= 0.6 is 0 Å². The van der Waals surface area contributed by atoms with E-state index in [9.17, 15) is 9.90 Å². The summed E-state index contributed by atoms with van der Waals surface area (Å²) in [5.74, 6) is 0.194. The average Bonchev–Trinajstić information content (AvgIpc) is 2.66. The predicted octanol–water partition coefficient (Wildman–Crippen LogP) is 3.96. The van der Waals surface area contributed by atoms with Crippen LogP contribution in [-0.2, 0) is 4.79 Å². The molecule has 5 heteroatoms. The number of nitrogens with two attached hydrogens (primary N) is 2. The Kier molecular flexibility index (Phi) is 19.6. The molecule has 0 aromatic rings. The summed E-state index contributed by atoms with van der Waals surface area (Å²) in [7, 11) is 0. The normalized spacial score (nSPS) is 12.3. The highest BCUT2D eigenvalue weighted by molar-refractivity contribution is 5.76. The lowest BCUT2D eigenvalue weighted by atomic mass is 10.0. The van der Waals surface area contributed by atoms with Gasteiger partial charge in [-0.15, -0.1) is 0 Å². The minimum atomic E-state index is -0.0856. The lowest BCUT2D eigenvalue weighted by Crippen LogP contribution is -2.38. The molecule has 0 fully saturated rings. The van der Waals surface area contributed by atoms with Gasteiger partial charge in [0, 0.05) is 32.6 Å². The fourth-order valence-corrected chi connectivity index (χ4v) is 3.50. The zero-order valence-corrected chi connectivity index (χ0v) is 18.0. The number of rotatable bonds is 20. The smallest absolute Gasteiger partial charge is 0.222 e. The standard InChI is InChI=1S/C22H47N3O2/c1-2-3-4-11-14-21(26)15-12-9-7-5-6-8-10-13-16-22(27)25(19-17-23)20-18-24/h21,26H,2-20,23-24H2,1H3. The van der Waals surface area contributed by atoms with Crippen molar-refractivity contribution in [3.63, 3.8) is 0 Å². The van der Waals surface area contributed by atoms with Crippen molar-refractivity contribution in [3.05, 3.63) is 0 Å². The van der Waals surface area contributed by atoms with Crippen molar-refractivity contribution in [3.8, 4) is 0 Å². The monoisotopic (exact) mass is 385 g/mol. The van der Waals surface area contributed by atoms with Crippen molar-refractivity contribution in [2.24, 2.45) is 11.5 Å². The molecule has 0 rings (SSSR count). The van der Waals surface area contributed by atoms with Crippen molar-refractivity contribution in [1.82, 2.24) is 4.90 Å². The quantitative estimate of drug-likeness (QED) is 0.277. The van der Waals surface area contributed by atoms with E-state index in [0.717, 1.165) is 32.1 Å². The van der Waals surface area contributed by atoms with E-state index >= 15 is 0 Å². The number of aliphatic hydroxyl groups is 1. The molecular weight excluding hydrogens is 338 g/mol. The third kappa shape index (κ3) is 17.2. The third-order valence-electron chi connectivity index (χ3n) is 5.22. The second-order valence-corrected chi connectivity index (χ2v) is 7.83. The summed E-state index contributed by atoms with van der Waals surface area (Å²) in [5.41, 5.74) is 11.1. The number of carbonyl (C=O) groups excluding carboxylic acids is 1. The topological polar surface area (TPSA) is 92.6 Å². The number of aliphatic hydroxyl groups excluding tert-OH is 1. The van der Waals surface area contributed by atoms with Gasteiger partial charge in [0.15, 0.2) is 0 Å². The minimum absolute atomic E-state index is 0.0856. The van der Waals surface area contributed by atoms with Crippen LogP contribution in [0.4, 0.5) is 0 Å². The van der Waals surface area contributed by atoms with E-state index in [4.69, 9.17) is 11.5 Å². The minimum Gasteiger partial charge on any atom is -0.393 e. The predicted molar refractivity (Wildman–Crippen MR) is 116 cm³/mol. The van der Waals surface area contributed by atoms with Gasteiger partial charge in [0.1, 0.15) is 0 Å². The molecule has 27 heavy (non-hydrogen) atoms. The van der Waals surface area contributed by atoms with E-state index in [0.29, 0.717) is 32.6 Å². The molecule has 0 aliphatic heterocycles. The fourth-order valence-electron chi connectivity index (χ4n) is 3.50. The van der Waals surface area contributed by atoms with Crippen LogP contribution < -0.4 is 11.5 Å². The van der Waals surface area contributed by atoms with E-state index in [1.807, 2.05) is 0 Å². The molecule has 0 aliphatic carbocycles. The van der Waals surface area contributed by atoms with Gasteiger partial charge in [-0.1, -0.05) is 77.6 Å². The zero-order valence-electron chi connectivity index (χ0n) is 18.0. The third-order valence-corrected chi connectivity index (χ3v) is 5.22. The maximum atomic E-state index is 12.1. The van der Waals surface area contributed by atoms with E-state index < -0.39 is 0 Å². The number of unbranched alkanes of at least 4 members (excludes halogenated alkanes) is 10. The van der Waals surface area contributed by atoms with Crippen LogP contribution in [0.3, 0.4) is 0 Å². The molecule has 1 amide bonds. The van der Waals surface area contributed by atoms with Crippen LogP contribution in [0.2, 0.25) is 0 Å². The second-order valence-electron chi connectivity index (χ2n) is 7.83. The van der Waals surface area contributed by atoms with Crippen molar-refractivity contribution >= 4 is 5.91 Å². The average molecular weight is 386 g/mol. The Morgan fingerprint density at radius 1 is 0.778 bits per heavy atom. The summed E-state index contributed by atoms with van der Waals surface area (Å²) in [6.45, 7) is 4.45. The lowest BCUT2D eigenvalue weighted by molar-refractivity contribution is -0.131. The summed E-state index contributed by atoms with van der Waals surface area (Å²) < 4.78 is 0. The summed E-state index contributed by atoms with van der Waals surface area (Å²) in [5, 5.41) is 9.95. The maximum Gasteiger partial charge on any atom is 0.222 e. The first kappa shape index (κ1) is 26.4. The Morgan fingerprint density at radius 2 is 1.22 bits per heavy atom. The molecule has 5 nitrogen and oxygen atoms in total. The van der Waals surface area contributed by atoms with Gasteiger partial charge in [0.25, 0.3) is 0 Å². The van der Waals surface area contributed by atoms with Crippen LogP contribution in [0.25, 0.3) is 0 Å². The highest BCUT2D eigenvalue weighted by Crippen LogP contribution is 2.14. The first-order valence-electron chi connectivity index (χ1n) is 11.5. The van der Waals surface area contributed by atoms with Crippen molar-refractivity contribution in [2.75, 3.05) is 26.2 Å². The Labute approximate surface area is 168 Å².